The molecule has 6 nitrogen and oxygen atoms in total. The molecule has 0 heterocycles. The standard InChI is InChI=1S/C63H119NO5/c1-3-5-7-9-11-13-15-16-17-18-24-28-31-34-37-41-45-49-53-57-63(68)69-58-54-50-46-42-38-35-32-29-26-23-21-19-20-22-25-27-30-33-36-40-44-48-52-56-62(67)64-60(59-65)61(66)55-51-47-43-39-14-12-10-8-6-4-2/h16-17,19,21-22,25,60-61,65-66H,3-15,18,20,23-24,26-59H2,1-2H3,(H,64,67)/b17-16-,21-19-,25-22-. The molecular weight excluding hydrogens is 851 g/mol. The Morgan fingerprint density at radius 1 is 0.406 bits per heavy atom. The van der Waals surface area contributed by atoms with Crippen molar-refractivity contribution >= 4 is 11.9 Å². The fourth-order valence-corrected chi connectivity index (χ4v) is 9.43. The topological polar surface area (TPSA) is 95.9 Å². The normalized spacial score (nSPS) is 12.8. The Morgan fingerprint density at radius 2 is 0.725 bits per heavy atom. The molecule has 0 aliphatic heterocycles. The average molecular weight is 971 g/mol. The minimum atomic E-state index is -0.669. The van der Waals surface area contributed by atoms with Gasteiger partial charge in [0.2, 0.25) is 5.91 Å². The zero-order valence-corrected chi connectivity index (χ0v) is 46.3. The highest BCUT2D eigenvalue weighted by molar-refractivity contribution is 5.76. The Bertz CT molecular complexity index is 1120. The molecule has 6 heteroatoms. The van der Waals surface area contributed by atoms with Crippen molar-refractivity contribution in [3.63, 3.8) is 0 Å². The molecule has 0 aliphatic carbocycles. The number of esters is 1. The third kappa shape index (κ3) is 55.2. The molecule has 406 valence electrons. The van der Waals surface area contributed by atoms with Gasteiger partial charge >= 0.3 is 5.97 Å². The number of aliphatic hydroxyl groups is 2. The van der Waals surface area contributed by atoms with E-state index in [9.17, 15) is 19.8 Å². The summed E-state index contributed by atoms with van der Waals surface area (Å²) in [6, 6.07) is -0.548. The predicted octanol–water partition coefficient (Wildman–Crippen LogP) is 19.2. The van der Waals surface area contributed by atoms with Crippen molar-refractivity contribution in [3.05, 3.63) is 36.5 Å². The quantitative estimate of drug-likeness (QED) is 0.0321. The van der Waals surface area contributed by atoms with Gasteiger partial charge in [-0.25, -0.2) is 0 Å². The first-order chi connectivity index (χ1) is 34.0. The van der Waals surface area contributed by atoms with Crippen LogP contribution in [0.25, 0.3) is 0 Å². The number of hydrogen-bond acceptors (Lipinski definition) is 5. The molecule has 69 heavy (non-hydrogen) atoms. The van der Waals surface area contributed by atoms with Gasteiger partial charge in [-0.3, -0.25) is 9.59 Å². The molecule has 0 rings (SSSR count). The monoisotopic (exact) mass is 970 g/mol. The highest BCUT2D eigenvalue weighted by atomic mass is 16.5. The summed E-state index contributed by atoms with van der Waals surface area (Å²) in [4.78, 5) is 24.5. The van der Waals surface area contributed by atoms with Crippen molar-refractivity contribution in [2.45, 2.75) is 341 Å². The number of allylic oxidation sites excluding steroid dienone is 6. The van der Waals surface area contributed by atoms with E-state index in [1.807, 2.05) is 0 Å². The van der Waals surface area contributed by atoms with Crippen LogP contribution in [0.3, 0.4) is 0 Å². The van der Waals surface area contributed by atoms with Crippen LogP contribution in [-0.2, 0) is 14.3 Å². The molecular formula is C63H119NO5. The maximum absolute atomic E-state index is 12.4. The zero-order valence-electron chi connectivity index (χ0n) is 46.3. The molecule has 0 saturated heterocycles. The number of carbonyl (C=O) groups excluding carboxylic acids is 2. The van der Waals surface area contributed by atoms with Crippen LogP contribution in [-0.4, -0.2) is 47.4 Å². The second-order valence-electron chi connectivity index (χ2n) is 21.0. The van der Waals surface area contributed by atoms with Gasteiger partial charge in [0.05, 0.1) is 25.4 Å². The van der Waals surface area contributed by atoms with Gasteiger partial charge in [-0.15, -0.1) is 0 Å². The first kappa shape index (κ1) is 67.1. The lowest BCUT2D eigenvalue weighted by atomic mass is 10.0. The predicted molar refractivity (Wildman–Crippen MR) is 301 cm³/mol. The van der Waals surface area contributed by atoms with Crippen molar-refractivity contribution < 1.29 is 24.5 Å². The molecule has 0 saturated carbocycles. The Labute approximate surface area is 430 Å². The Balaban J connectivity index is 3.41. The van der Waals surface area contributed by atoms with Gasteiger partial charge in [-0.1, -0.05) is 269 Å². The minimum absolute atomic E-state index is 0.00654. The number of ether oxygens (including phenoxy) is 1. The molecule has 0 aromatic heterocycles. The van der Waals surface area contributed by atoms with Gasteiger partial charge in [-0.05, 0) is 83.5 Å². The molecule has 2 unspecified atom stereocenters. The number of carbonyl (C=O) groups is 2. The van der Waals surface area contributed by atoms with Crippen LogP contribution in [0.15, 0.2) is 36.5 Å². The van der Waals surface area contributed by atoms with E-state index in [1.165, 1.54) is 238 Å². The highest BCUT2D eigenvalue weighted by Gasteiger charge is 2.20. The van der Waals surface area contributed by atoms with E-state index in [4.69, 9.17) is 4.74 Å². The number of unbranched alkanes of at least 4 members (excludes halogenated alkanes) is 40. The Morgan fingerprint density at radius 3 is 1.12 bits per heavy atom. The second-order valence-corrected chi connectivity index (χ2v) is 21.0. The number of rotatable bonds is 57. The zero-order chi connectivity index (χ0) is 50.0. The number of hydrogen-bond donors (Lipinski definition) is 3. The van der Waals surface area contributed by atoms with Crippen molar-refractivity contribution in [1.29, 1.82) is 0 Å². The first-order valence-electron chi connectivity index (χ1n) is 30.7. The lowest BCUT2D eigenvalue weighted by molar-refractivity contribution is -0.143. The van der Waals surface area contributed by atoms with Gasteiger partial charge in [0.25, 0.3) is 0 Å². The van der Waals surface area contributed by atoms with Crippen molar-refractivity contribution in [2.75, 3.05) is 13.2 Å². The summed E-state index contributed by atoms with van der Waals surface area (Å²) in [5, 5.41) is 23.1. The largest absolute Gasteiger partial charge is 0.466 e. The summed E-state index contributed by atoms with van der Waals surface area (Å²) in [7, 11) is 0. The van der Waals surface area contributed by atoms with Crippen molar-refractivity contribution in [2.24, 2.45) is 0 Å². The fraction of sp³-hybridized carbons (Fsp3) is 0.873. The summed E-state index contributed by atoms with van der Waals surface area (Å²) in [6.45, 7) is 4.93. The van der Waals surface area contributed by atoms with Gasteiger partial charge in [0.1, 0.15) is 0 Å². The van der Waals surface area contributed by atoms with Crippen LogP contribution in [0.1, 0.15) is 328 Å². The van der Waals surface area contributed by atoms with E-state index < -0.39 is 12.1 Å². The SMILES string of the molecule is CCCCCCCC/C=C\CCCCCCCCCCCC(=O)OCCCCCCCCCCC/C=C\C/C=C\CCCCCCCCCC(=O)NC(CO)C(O)CCCCCCCCCCCC. The van der Waals surface area contributed by atoms with Crippen LogP contribution >= 0.6 is 0 Å². The summed E-state index contributed by atoms with van der Waals surface area (Å²) in [5.74, 6) is -0.0404. The smallest absolute Gasteiger partial charge is 0.305 e. The molecule has 0 aromatic carbocycles. The third-order valence-electron chi connectivity index (χ3n) is 14.2. The van der Waals surface area contributed by atoms with Gasteiger partial charge < -0.3 is 20.3 Å². The third-order valence-corrected chi connectivity index (χ3v) is 14.2. The maximum atomic E-state index is 12.4. The van der Waals surface area contributed by atoms with E-state index in [-0.39, 0.29) is 18.5 Å². The van der Waals surface area contributed by atoms with Gasteiger partial charge in [0.15, 0.2) is 0 Å². The average Bonchev–Trinajstić information content (AvgIpc) is 3.35. The molecule has 0 spiro atoms. The van der Waals surface area contributed by atoms with Crippen LogP contribution < -0.4 is 5.32 Å². The molecule has 0 fully saturated rings. The lowest BCUT2D eigenvalue weighted by Gasteiger charge is -2.22. The van der Waals surface area contributed by atoms with Crippen molar-refractivity contribution in [1.82, 2.24) is 5.32 Å². The fourth-order valence-electron chi connectivity index (χ4n) is 9.43. The molecule has 3 N–H and O–H groups in total. The molecule has 0 aromatic rings. The highest BCUT2D eigenvalue weighted by Crippen LogP contribution is 2.17. The second kappa shape index (κ2) is 58.6. The van der Waals surface area contributed by atoms with Gasteiger partial charge in [0, 0.05) is 12.8 Å². The van der Waals surface area contributed by atoms with Crippen LogP contribution in [0, 0.1) is 0 Å². The number of nitrogens with one attached hydrogen (secondary N) is 1. The molecule has 1 amide bonds. The minimum Gasteiger partial charge on any atom is -0.466 e. The molecule has 2 atom stereocenters. The Hall–Kier alpha value is -1.92. The van der Waals surface area contributed by atoms with Gasteiger partial charge in [-0.2, -0.15) is 0 Å². The summed E-state index contributed by atoms with van der Waals surface area (Å²) in [6.07, 6.45) is 73.0. The molecule has 0 aliphatic rings. The Kier molecular flexibility index (Phi) is 57.0. The van der Waals surface area contributed by atoms with Crippen LogP contribution in [0.5, 0.6) is 0 Å². The van der Waals surface area contributed by atoms with E-state index in [0.29, 0.717) is 25.9 Å². The van der Waals surface area contributed by atoms with Crippen molar-refractivity contribution in [3.8, 4) is 0 Å². The van der Waals surface area contributed by atoms with Crippen LogP contribution in [0.2, 0.25) is 0 Å². The molecule has 0 bridgehead atoms. The summed E-state index contributed by atoms with van der Waals surface area (Å²) in [5.41, 5.74) is 0. The maximum Gasteiger partial charge on any atom is 0.305 e. The van der Waals surface area contributed by atoms with E-state index in [0.717, 1.165) is 57.8 Å². The van der Waals surface area contributed by atoms with E-state index >= 15 is 0 Å². The molecule has 0 radical (unpaired) electrons. The van der Waals surface area contributed by atoms with E-state index in [2.05, 4.69) is 55.6 Å². The first-order valence-corrected chi connectivity index (χ1v) is 30.7. The number of aliphatic hydroxyl groups excluding tert-OH is 2. The summed E-state index contributed by atoms with van der Waals surface area (Å²) >= 11 is 0. The van der Waals surface area contributed by atoms with Crippen LogP contribution in [0.4, 0.5) is 0 Å². The number of amides is 1. The summed E-state index contributed by atoms with van der Waals surface area (Å²) < 4.78 is 5.49. The van der Waals surface area contributed by atoms with E-state index in [1.54, 1.807) is 0 Å². The lowest BCUT2D eigenvalue weighted by Crippen LogP contribution is -2.45.